The van der Waals surface area contributed by atoms with Gasteiger partial charge in [-0.2, -0.15) is 0 Å². The van der Waals surface area contributed by atoms with Crippen molar-refractivity contribution in [2.24, 2.45) is 5.92 Å². The van der Waals surface area contributed by atoms with E-state index in [1.165, 1.54) is 24.9 Å². The van der Waals surface area contributed by atoms with Crippen LogP contribution in [0.1, 0.15) is 26.2 Å². The van der Waals surface area contributed by atoms with Gasteiger partial charge >= 0.3 is 0 Å². The molecule has 1 aliphatic rings. The van der Waals surface area contributed by atoms with Gasteiger partial charge in [0.15, 0.2) is 0 Å². The summed E-state index contributed by atoms with van der Waals surface area (Å²) in [6, 6.07) is 6.64. The number of hydrogen-bond acceptors (Lipinski definition) is 2. The maximum absolute atomic E-state index is 6.08. The van der Waals surface area contributed by atoms with Crippen molar-refractivity contribution >= 4 is 23.0 Å². The van der Waals surface area contributed by atoms with Crippen LogP contribution in [0.2, 0.25) is 5.02 Å². The third-order valence-electron chi connectivity index (χ3n) is 3.49. The molecule has 0 aromatic heterocycles. The van der Waals surface area contributed by atoms with Gasteiger partial charge in [0, 0.05) is 25.2 Å². The number of rotatable bonds is 3. The summed E-state index contributed by atoms with van der Waals surface area (Å²) in [5, 5.41) is 4.43. The van der Waals surface area contributed by atoms with E-state index in [9.17, 15) is 0 Å². The quantitative estimate of drug-likeness (QED) is 0.875. The van der Waals surface area contributed by atoms with E-state index in [0.717, 1.165) is 16.6 Å². The number of hydrogen-bond donors (Lipinski definition) is 1. The second-order valence-corrected chi connectivity index (χ2v) is 5.75. The summed E-state index contributed by atoms with van der Waals surface area (Å²) in [5.74, 6) is 0.842. The van der Waals surface area contributed by atoms with Crippen molar-refractivity contribution in [3.05, 3.63) is 23.2 Å². The molecule has 2 atom stereocenters. The van der Waals surface area contributed by atoms with E-state index in [0.29, 0.717) is 6.04 Å². The predicted octanol–water partition coefficient (Wildman–Crippen LogP) is 4.01. The second kappa shape index (κ2) is 5.18. The zero-order valence-electron chi connectivity index (χ0n) is 10.8. The van der Waals surface area contributed by atoms with Gasteiger partial charge in [0.2, 0.25) is 0 Å². The molecule has 0 saturated heterocycles. The zero-order chi connectivity index (χ0) is 12.4. The Morgan fingerprint density at radius 2 is 2.06 bits per heavy atom. The number of benzene rings is 1. The molecule has 3 heteroatoms. The third kappa shape index (κ3) is 3.06. The molecule has 0 aliphatic heterocycles. The molecule has 0 bridgehead atoms. The highest BCUT2D eigenvalue weighted by atomic mass is 35.5. The summed E-state index contributed by atoms with van der Waals surface area (Å²) in [4.78, 5) is 2.12. The topological polar surface area (TPSA) is 15.3 Å². The smallest absolute Gasteiger partial charge is 0.0597 e. The molecule has 1 N–H and O–H groups in total. The van der Waals surface area contributed by atoms with Gasteiger partial charge in [0.1, 0.15) is 0 Å². The Labute approximate surface area is 109 Å². The van der Waals surface area contributed by atoms with Crippen LogP contribution in [0.4, 0.5) is 11.4 Å². The fraction of sp³-hybridized carbons (Fsp3) is 0.571. The number of anilines is 2. The summed E-state index contributed by atoms with van der Waals surface area (Å²) >= 11 is 6.08. The first-order valence-electron chi connectivity index (χ1n) is 6.29. The van der Waals surface area contributed by atoms with E-state index < -0.39 is 0 Å². The first-order chi connectivity index (χ1) is 8.06. The average molecular weight is 253 g/mol. The molecular weight excluding hydrogens is 232 g/mol. The highest BCUT2D eigenvalue weighted by Gasteiger charge is 2.21. The molecule has 0 spiro atoms. The van der Waals surface area contributed by atoms with E-state index in [1.54, 1.807) is 0 Å². The highest BCUT2D eigenvalue weighted by Crippen LogP contribution is 2.32. The molecule has 2 unspecified atom stereocenters. The minimum Gasteiger partial charge on any atom is -0.381 e. The van der Waals surface area contributed by atoms with Crippen LogP contribution in [0, 0.1) is 5.92 Å². The molecule has 2 nitrogen and oxygen atoms in total. The molecule has 1 saturated carbocycles. The van der Waals surface area contributed by atoms with Crippen molar-refractivity contribution in [2.45, 2.75) is 32.2 Å². The summed E-state index contributed by atoms with van der Waals surface area (Å²) in [6.07, 6.45) is 3.86. The van der Waals surface area contributed by atoms with Crippen molar-refractivity contribution in [3.63, 3.8) is 0 Å². The Bertz CT molecular complexity index is 390. The van der Waals surface area contributed by atoms with E-state index in [2.05, 4.69) is 37.3 Å². The average Bonchev–Trinajstić information content (AvgIpc) is 2.63. The lowest BCUT2D eigenvalue weighted by molar-refractivity contribution is 0.602. The van der Waals surface area contributed by atoms with Crippen LogP contribution in [-0.2, 0) is 0 Å². The molecule has 0 amide bonds. The lowest BCUT2D eigenvalue weighted by Gasteiger charge is -2.22. The van der Waals surface area contributed by atoms with Crippen molar-refractivity contribution in [1.29, 1.82) is 0 Å². The first kappa shape index (κ1) is 12.6. The van der Waals surface area contributed by atoms with Crippen LogP contribution in [0.15, 0.2) is 18.2 Å². The lowest BCUT2D eigenvalue weighted by atomic mass is 10.1. The zero-order valence-corrected chi connectivity index (χ0v) is 11.6. The summed E-state index contributed by atoms with van der Waals surface area (Å²) in [5.41, 5.74) is 2.36. The molecule has 2 rings (SSSR count). The molecule has 0 heterocycles. The van der Waals surface area contributed by atoms with Gasteiger partial charge in [-0.15, -0.1) is 0 Å². The van der Waals surface area contributed by atoms with Gasteiger partial charge in [0.25, 0.3) is 0 Å². The number of halogens is 1. The number of nitrogens with zero attached hydrogens (tertiary/aromatic N) is 1. The lowest BCUT2D eigenvalue weighted by Crippen LogP contribution is -2.18. The molecule has 1 aromatic carbocycles. The minimum absolute atomic E-state index is 0.599. The SMILES string of the molecule is CC1CCC(Nc2cc(Cl)ccc2N(C)C)C1. The molecule has 94 valence electrons. The van der Waals surface area contributed by atoms with Gasteiger partial charge in [0.05, 0.1) is 11.4 Å². The summed E-state index contributed by atoms with van der Waals surface area (Å²) in [7, 11) is 4.12. The second-order valence-electron chi connectivity index (χ2n) is 5.32. The maximum atomic E-state index is 6.08. The number of nitrogens with one attached hydrogen (secondary N) is 1. The van der Waals surface area contributed by atoms with Gasteiger partial charge in [-0.1, -0.05) is 18.5 Å². The van der Waals surface area contributed by atoms with Crippen LogP contribution in [0.3, 0.4) is 0 Å². The normalized spacial score (nSPS) is 23.8. The van der Waals surface area contributed by atoms with Crippen molar-refractivity contribution in [2.75, 3.05) is 24.3 Å². The fourth-order valence-corrected chi connectivity index (χ4v) is 2.74. The third-order valence-corrected chi connectivity index (χ3v) is 3.73. The van der Waals surface area contributed by atoms with E-state index in [4.69, 9.17) is 11.6 Å². The largest absolute Gasteiger partial charge is 0.381 e. The Hall–Kier alpha value is -0.890. The minimum atomic E-state index is 0.599. The van der Waals surface area contributed by atoms with Gasteiger partial charge in [-0.05, 0) is 43.4 Å². The van der Waals surface area contributed by atoms with E-state index >= 15 is 0 Å². The van der Waals surface area contributed by atoms with Gasteiger partial charge < -0.3 is 10.2 Å². The van der Waals surface area contributed by atoms with E-state index in [-0.39, 0.29) is 0 Å². The Balaban J connectivity index is 2.16. The molecule has 17 heavy (non-hydrogen) atoms. The first-order valence-corrected chi connectivity index (χ1v) is 6.67. The highest BCUT2D eigenvalue weighted by molar-refractivity contribution is 6.31. The van der Waals surface area contributed by atoms with Crippen LogP contribution >= 0.6 is 11.6 Å². The molecule has 1 aliphatic carbocycles. The molecule has 0 radical (unpaired) electrons. The fourth-order valence-electron chi connectivity index (χ4n) is 2.57. The van der Waals surface area contributed by atoms with Crippen molar-refractivity contribution in [3.8, 4) is 0 Å². The monoisotopic (exact) mass is 252 g/mol. The predicted molar refractivity (Wildman–Crippen MR) is 76.2 cm³/mol. The van der Waals surface area contributed by atoms with Gasteiger partial charge in [-0.3, -0.25) is 0 Å². The van der Waals surface area contributed by atoms with Crippen molar-refractivity contribution < 1.29 is 0 Å². The summed E-state index contributed by atoms with van der Waals surface area (Å²) in [6.45, 7) is 2.33. The molecular formula is C14H21ClN2. The van der Waals surface area contributed by atoms with Crippen LogP contribution in [0.25, 0.3) is 0 Å². The van der Waals surface area contributed by atoms with Gasteiger partial charge in [-0.25, -0.2) is 0 Å². The maximum Gasteiger partial charge on any atom is 0.0597 e. The molecule has 1 aromatic rings. The Kier molecular flexibility index (Phi) is 3.82. The van der Waals surface area contributed by atoms with Crippen LogP contribution in [-0.4, -0.2) is 20.1 Å². The summed E-state index contributed by atoms with van der Waals surface area (Å²) < 4.78 is 0. The Morgan fingerprint density at radius 1 is 1.29 bits per heavy atom. The molecule has 1 fully saturated rings. The standard InChI is InChI=1S/C14H21ClN2/c1-10-4-6-12(8-10)16-13-9-11(15)5-7-14(13)17(2)3/h5,7,9-10,12,16H,4,6,8H2,1-3H3. The van der Waals surface area contributed by atoms with Crippen LogP contribution < -0.4 is 10.2 Å². The van der Waals surface area contributed by atoms with E-state index in [1.807, 2.05) is 12.1 Å². The van der Waals surface area contributed by atoms with Crippen molar-refractivity contribution in [1.82, 2.24) is 0 Å². The Morgan fingerprint density at radius 3 is 2.65 bits per heavy atom. The van der Waals surface area contributed by atoms with Crippen LogP contribution in [0.5, 0.6) is 0 Å².